The van der Waals surface area contributed by atoms with Gasteiger partial charge in [-0.15, -0.1) is 0 Å². The van der Waals surface area contributed by atoms with Gasteiger partial charge in [-0.25, -0.2) is 4.79 Å². The number of hydrogen-bond donors (Lipinski definition) is 2. The lowest BCUT2D eigenvalue weighted by molar-refractivity contribution is 0.0696. The van der Waals surface area contributed by atoms with Crippen LogP contribution in [0.1, 0.15) is 26.4 Å². The summed E-state index contributed by atoms with van der Waals surface area (Å²) in [6.45, 7) is 1.74. The molecule has 6 nitrogen and oxygen atoms in total. The van der Waals surface area contributed by atoms with Gasteiger partial charge in [0.15, 0.2) is 0 Å². The summed E-state index contributed by atoms with van der Waals surface area (Å²) in [5, 5.41) is 14.9. The number of aromatic carboxylic acids is 1. The van der Waals surface area contributed by atoms with Crippen LogP contribution in [0.15, 0.2) is 34.9 Å². The molecular weight excluding hydrogens is 236 g/mol. The molecule has 92 valence electrons. The number of carboxylic acid groups (broad SMARTS) is 1. The van der Waals surface area contributed by atoms with Gasteiger partial charge in [0.2, 0.25) is 5.88 Å². The number of carbonyl (C=O) groups is 2. The number of aromatic nitrogens is 1. The second-order valence-electron chi connectivity index (χ2n) is 3.67. The van der Waals surface area contributed by atoms with Crippen LogP contribution in [0.2, 0.25) is 0 Å². The largest absolute Gasteiger partial charge is 0.478 e. The summed E-state index contributed by atoms with van der Waals surface area (Å²) in [5.41, 5.74) is 1.13. The third-order valence-electron chi connectivity index (χ3n) is 2.26. The first-order valence-corrected chi connectivity index (χ1v) is 5.14. The number of nitrogens with one attached hydrogen (secondary N) is 1. The zero-order valence-electron chi connectivity index (χ0n) is 9.51. The van der Waals surface area contributed by atoms with E-state index in [1.165, 1.54) is 24.3 Å². The molecule has 0 atom stereocenters. The molecule has 0 bridgehead atoms. The quantitative estimate of drug-likeness (QED) is 0.863. The van der Waals surface area contributed by atoms with Gasteiger partial charge in [-0.3, -0.25) is 10.1 Å². The minimum atomic E-state index is -1.03. The van der Waals surface area contributed by atoms with Crippen LogP contribution >= 0.6 is 0 Å². The van der Waals surface area contributed by atoms with Crippen molar-refractivity contribution >= 4 is 17.8 Å². The number of hydrogen-bond acceptors (Lipinski definition) is 4. The molecule has 0 spiro atoms. The van der Waals surface area contributed by atoms with Gasteiger partial charge >= 0.3 is 5.97 Å². The van der Waals surface area contributed by atoms with E-state index in [0.717, 1.165) is 0 Å². The number of anilines is 1. The third-order valence-corrected chi connectivity index (χ3v) is 2.26. The summed E-state index contributed by atoms with van der Waals surface area (Å²) in [6.07, 6.45) is 0. The van der Waals surface area contributed by atoms with Crippen LogP contribution < -0.4 is 5.32 Å². The van der Waals surface area contributed by atoms with Crippen molar-refractivity contribution in [1.82, 2.24) is 5.16 Å². The Morgan fingerprint density at radius 1 is 1.22 bits per heavy atom. The minimum Gasteiger partial charge on any atom is -0.478 e. The molecule has 0 aliphatic rings. The zero-order chi connectivity index (χ0) is 13.1. The Morgan fingerprint density at radius 3 is 2.33 bits per heavy atom. The Morgan fingerprint density at radius 2 is 1.83 bits per heavy atom. The van der Waals surface area contributed by atoms with E-state index >= 15 is 0 Å². The van der Waals surface area contributed by atoms with Gasteiger partial charge < -0.3 is 9.63 Å². The Kier molecular flexibility index (Phi) is 3.09. The number of carbonyl (C=O) groups excluding carboxylic acids is 1. The van der Waals surface area contributed by atoms with Gasteiger partial charge in [0, 0.05) is 11.6 Å². The molecule has 0 unspecified atom stereocenters. The smallest absolute Gasteiger partial charge is 0.335 e. The number of benzene rings is 1. The Bertz CT molecular complexity index is 586. The number of rotatable bonds is 3. The predicted octanol–water partition coefficient (Wildman–Crippen LogP) is 1.93. The lowest BCUT2D eigenvalue weighted by Gasteiger charge is -2.01. The second-order valence-corrected chi connectivity index (χ2v) is 3.67. The van der Waals surface area contributed by atoms with E-state index in [1.54, 1.807) is 13.0 Å². The topological polar surface area (TPSA) is 92.4 Å². The Balaban J connectivity index is 2.11. The van der Waals surface area contributed by atoms with E-state index in [9.17, 15) is 9.59 Å². The fourth-order valence-electron chi connectivity index (χ4n) is 1.37. The monoisotopic (exact) mass is 246 g/mol. The van der Waals surface area contributed by atoms with E-state index in [-0.39, 0.29) is 17.4 Å². The summed E-state index contributed by atoms with van der Waals surface area (Å²) >= 11 is 0. The zero-order valence-corrected chi connectivity index (χ0v) is 9.51. The molecule has 0 aliphatic carbocycles. The van der Waals surface area contributed by atoms with Crippen LogP contribution in [-0.2, 0) is 0 Å². The van der Waals surface area contributed by atoms with Gasteiger partial charge in [-0.1, -0.05) is 5.16 Å². The summed E-state index contributed by atoms with van der Waals surface area (Å²) in [6, 6.07) is 7.18. The Hall–Kier alpha value is -2.63. The molecule has 6 heteroatoms. The highest BCUT2D eigenvalue weighted by Crippen LogP contribution is 2.11. The highest BCUT2D eigenvalue weighted by Gasteiger charge is 2.10. The van der Waals surface area contributed by atoms with E-state index in [1.807, 2.05) is 0 Å². The molecule has 18 heavy (non-hydrogen) atoms. The molecule has 0 radical (unpaired) electrons. The van der Waals surface area contributed by atoms with Gasteiger partial charge in [0.1, 0.15) is 0 Å². The van der Waals surface area contributed by atoms with Crippen LogP contribution in [0.25, 0.3) is 0 Å². The minimum absolute atomic E-state index is 0.127. The normalized spacial score (nSPS) is 10.1. The molecule has 2 N–H and O–H groups in total. The average molecular weight is 246 g/mol. The molecule has 2 aromatic rings. The molecule has 2 rings (SSSR count). The van der Waals surface area contributed by atoms with E-state index in [0.29, 0.717) is 11.3 Å². The molecule has 1 aromatic carbocycles. The number of carboxylic acids is 1. The summed E-state index contributed by atoms with van der Waals surface area (Å²) in [7, 11) is 0. The summed E-state index contributed by atoms with van der Waals surface area (Å²) in [4.78, 5) is 22.4. The van der Waals surface area contributed by atoms with Crippen molar-refractivity contribution in [3.05, 3.63) is 47.2 Å². The maximum atomic E-state index is 11.8. The molecule has 0 fully saturated rings. The van der Waals surface area contributed by atoms with Crippen molar-refractivity contribution in [3.8, 4) is 0 Å². The molecule has 0 aliphatic heterocycles. The van der Waals surface area contributed by atoms with Crippen molar-refractivity contribution in [1.29, 1.82) is 0 Å². The molecule has 1 aromatic heterocycles. The number of nitrogens with zero attached hydrogens (tertiary/aromatic N) is 1. The maximum absolute atomic E-state index is 11.8. The molecular formula is C12H10N2O4. The summed E-state index contributed by atoms with van der Waals surface area (Å²) < 4.78 is 4.84. The SMILES string of the molecule is Cc1cc(NC(=O)c2ccc(C(=O)O)cc2)on1. The van der Waals surface area contributed by atoms with Crippen molar-refractivity contribution < 1.29 is 19.2 Å². The Labute approximate surface area is 102 Å². The van der Waals surface area contributed by atoms with Gasteiger partial charge in [0.25, 0.3) is 5.91 Å². The van der Waals surface area contributed by atoms with Gasteiger partial charge in [0.05, 0.1) is 11.3 Å². The van der Waals surface area contributed by atoms with E-state index in [4.69, 9.17) is 9.63 Å². The average Bonchev–Trinajstić information content (AvgIpc) is 2.75. The third kappa shape index (κ3) is 2.54. The van der Waals surface area contributed by atoms with Crippen molar-refractivity contribution in [2.24, 2.45) is 0 Å². The first-order chi connectivity index (χ1) is 8.56. The lowest BCUT2D eigenvalue weighted by Crippen LogP contribution is -2.11. The lowest BCUT2D eigenvalue weighted by atomic mass is 10.1. The number of amides is 1. The van der Waals surface area contributed by atoms with Crippen LogP contribution in [-0.4, -0.2) is 22.1 Å². The highest BCUT2D eigenvalue weighted by atomic mass is 16.5. The molecule has 0 saturated carbocycles. The molecule has 1 heterocycles. The van der Waals surface area contributed by atoms with Gasteiger partial charge in [-0.2, -0.15) is 0 Å². The van der Waals surface area contributed by atoms with Crippen molar-refractivity contribution in [2.75, 3.05) is 5.32 Å². The van der Waals surface area contributed by atoms with Gasteiger partial charge in [-0.05, 0) is 31.2 Å². The van der Waals surface area contributed by atoms with E-state index < -0.39 is 5.97 Å². The fourth-order valence-corrected chi connectivity index (χ4v) is 1.37. The highest BCUT2D eigenvalue weighted by molar-refractivity contribution is 6.04. The van der Waals surface area contributed by atoms with Crippen molar-refractivity contribution in [3.63, 3.8) is 0 Å². The summed E-state index contributed by atoms with van der Waals surface area (Å²) in [5.74, 6) is -1.17. The predicted molar refractivity (Wildman–Crippen MR) is 62.6 cm³/mol. The second kappa shape index (κ2) is 4.70. The van der Waals surface area contributed by atoms with Crippen LogP contribution in [0, 0.1) is 6.92 Å². The van der Waals surface area contributed by atoms with Crippen LogP contribution in [0.5, 0.6) is 0 Å². The maximum Gasteiger partial charge on any atom is 0.335 e. The van der Waals surface area contributed by atoms with E-state index in [2.05, 4.69) is 10.5 Å². The molecule has 0 saturated heterocycles. The van der Waals surface area contributed by atoms with Crippen LogP contribution in [0.4, 0.5) is 5.88 Å². The molecule has 1 amide bonds. The van der Waals surface area contributed by atoms with Crippen LogP contribution in [0.3, 0.4) is 0 Å². The van der Waals surface area contributed by atoms with Crippen molar-refractivity contribution in [2.45, 2.75) is 6.92 Å². The standard InChI is InChI=1S/C12H10N2O4/c1-7-6-10(18-14-7)13-11(15)8-2-4-9(5-3-8)12(16)17/h2-6H,1H3,(H,13,15)(H,16,17). The fraction of sp³-hybridized carbons (Fsp3) is 0.0833. The first kappa shape index (κ1) is 11.8. The number of aryl methyl sites for hydroxylation is 1. The first-order valence-electron chi connectivity index (χ1n) is 5.14.